The van der Waals surface area contributed by atoms with Crippen molar-refractivity contribution in [3.63, 3.8) is 0 Å². The van der Waals surface area contributed by atoms with Gasteiger partial charge < -0.3 is 5.11 Å². The first-order valence-corrected chi connectivity index (χ1v) is 6.83. The molecule has 5 heteroatoms. The van der Waals surface area contributed by atoms with E-state index in [0.717, 1.165) is 12.8 Å². The maximum absolute atomic E-state index is 9.50. The second kappa shape index (κ2) is 6.77. The quantitative estimate of drug-likeness (QED) is 0.342. The minimum absolute atomic E-state index is 0.0453. The molecule has 0 saturated heterocycles. The number of hydrogen-bond acceptors (Lipinski definition) is 4. The number of amidine groups is 1. The van der Waals surface area contributed by atoms with Crippen LogP contribution in [0.4, 0.5) is 0 Å². The van der Waals surface area contributed by atoms with Crippen LogP contribution in [0.15, 0.2) is 4.99 Å². The van der Waals surface area contributed by atoms with E-state index in [9.17, 15) is 5.11 Å². The monoisotopic (exact) mass is 241 g/mol. The van der Waals surface area contributed by atoms with E-state index in [0.29, 0.717) is 11.7 Å². The fourth-order valence-corrected chi connectivity index (χ4v) is 2.45. The van der Waals surface area contributed by atoms with Crippen molar-refractivity contribution >= 4 is 16.9 Å². The third-order valence-corrected chi connectivity index (χ3v) is 3.78. The molecule has 0 spiro atoms. The van der Waals surface area contributed by atoms with Crippen molar-refractivity contribution < 1.29 is 5.11 Å². The summed E-state index contributed by atoms with van der Waals surface area (Å²) in [6, 6.07) is 0. The topological polar surface area (TPSA) is 68.4 Å². The Morgan fingerprint density at radius 2 is 2.19 bits per heavy atom. The van der Waals surface area contributed by atoms with Crippen molar-refractivity contribution in [3.05, 3.63) is 0 Å². The standard InChI is InChI=1S/C11H19N3OS/c1-16-10(14-9-12)13-7-11(8-15)5-3-2-4-6-11/h15H,2-8H2,1H3,(H,13,14). The van der Waals surface area contributed by atoms with Crippen LogP contribution in [-0.2, 0) is 0 Å². The molecule has 0 aromatic carbocycles. The first kappa shape index (κ1) is 13.3. The van der Waals surface area contributed by atoms with Crippen LogP contribution < -0.4 is 5.32 Å². The Bertz CT molecular complexity index is 279. The molecule has 90 valence electrons. The molecule has 1 rings (SSSR count). The van der Waals surface area contributed by atoms with Crippen LogP contribution in [0.3, 0.4) is 0 Å². The molecule has 0 bridgehead atoms. The molecule has 1 aliphatic carbocycles. The van der Waals surface area contributed by atoms with Crippen molar-refractivity contribution in [3.8, 4) is 6.19 Å². The Morgan fingerprint density at radius 3 is 2.69 bits per heavy atom. The molecule has 4 nitrogen and oxygen atoms in total. The van der Waals surface area contributed by atoms with Crippen molar-refractivity contribution in [1.29, 1.82) is 5.26 Å². The molecule has 0 atom stereocenters. The number of nitrogens with one attached hydrogen (secondary N) is 1. The second-order valence-electron chi connectivity index (χ2n) is 4.28. The molecule has 0 unspecified atom stereocenters. The minimum Gasteiger partial charge on any atom is -0.396 e. The van der Waals surface area contributed by atoms with Gasteiger partial charge in [-0.2, -0.15) is 5.26 Å². The maximum Gasteiger partial charge on any atom is 0.183 e. The third kappa shape index (κ3) is 3.69. The SMILES string of the molecule is CSC(=NCC1(CO)CCCCC1)NC#N. The molecular weight excluding hydrogens is 222 g/mol. The summed E-state index contributed by atoms with van der Waals surface area (Å²) in [6.45, 7) is 0.819. The molecule has 0 aromatic heterocycles. The highest BCUT2D eigenvalue weighted by atomic mass is 32.2. The Kier molecular flexibility index (Phi) is 5.64. The van der Waals surface area contributed by atoms with Crippen LogP contribution in [0.5, 0.6) is 0 Å². The summed E-state index contributed by atoms with van der Waals surface area (Å²) in [5, 5.41) is 21.2. The van der Waals surface area contributed by atoms with Gasteiger partial charge in [0.2, 0.25) is 0 Å². The Balaban J connectivity index is 2.58. The lowest BCUT2D eigenvalue weighted by Gasteiger charge is -2.34. The summed E-state index contributed by atoms with van der Waals surface area (Å²) in [7, 11) is 0. The number of nitrogens with zero attached hydrogens (tertiary/aromatic N) is 2. The molecule has 1 saturated carbocycles. The van der Waals surface area contributed by atoms with Crippen molar-refractivity contribution in [2.45, 2.75) is 32.1 Å². The summed E-state index contributed by atoms with van der Waals surface area (Å²) in [6.07, 6.45) is 9.46. The highest BCUT2D eigenvalue weighted by molar-refractivity contribution is 8.13. The Hall–Kier alpha value is -0.730. The molecule has 0 amide bonds. The number of thioether (sulfide) groups is 1. The summed E-state index contributed by atoms with van der Waals surface area (Å²) in [5.41, 5.74) is -0.0453. The molecule has 0 aliphatic heterocycles. The highest BCUT2D eigenvalue weighted by Gasteiger charge is 2.31. The van der Waals surface area contributed by atoms with Crippen molar-refractivity contribution in [2.24, 2.45) is 10.4 Å². The van der Waals surface area contributed by atoms with Gasteiger partial charge >= 0.3 is 0 Å². The maximum atomic E-state index is 9.50. The summed E-state index contributed by atoms with van der Waals surface area (Å²) in [4.78, 5) is 4.38. The number of hydrogen-bond donors (Lipinski definition) is 2. The van der Waals surface area contributed by atoms with Crippen LogP contribution in [0.2, 0.25) is 0 Å². The van der Waals surface area contributed by atoms with Gasteiger partial charge in [0.15, 0.2) is 11.4 Å². The highest BCUT2D eigenvalue weighted by Crippen LogP contribution is 2.36. The molecule has 1 aliphatic rings. The minimum atomic E-state index is -0.0453. The fraction of sp³-hybridized carbons (Fsp3) is 0.818. The number of nitriles is 1. The lowest BCUT2D eigenvalue weighted by Crippen LogP contribution is -2.32. The molecule has 0 aromatic rings. The van der Waals surface area contributed by atoms with E-state index in [1.54, 1.807) is 0 Å². The van der Waals surface area contributed by atoms with Gasteiger partial charge in [0.25, 0.3) is 0 Å². The van der Waals surface area contributed by atoms with Crippen LogP contribution >= 0.6 is 11.8 Å². The zero-order chi connectivity index (χ0) is 11.9. The average Bonchev–Trinajstić information content (AvgIpc) is 2.35. The van der Waals surface area contributed by atoms with E-state index in [1.165, 1.54) is 31.0 Å². The van der Waals surface area contributed by atoms with Gasteiger partial charge in [0, 0.05) is 12.0 Å². The van der Waals surface area contributed by atoms with Gasteiger partial charge in [-0.15, -0.1) is 0 Å². The van der Waals surface area contributed by atoms with E-state index in [1.807, 2.05) is 12.4 Å². The van der Waals surface area contributed by atoms with Crippen molar-refractivity contribution in [1.82, 2.24) is 5.32 Å². The average molecular weight is 241 g/mol. The Morgan fingerprint density at radius 1 is 1.50 bits per heavy atom. The molecule has 1 fully saturated rings. The summed E-state index contributed by atoms with van der Waals surface area (Å²) in [5.74, 6) is 0. The normalized spacial score (nSPS) is 20.2. The zero-order valence-corrected chi connectivity index (χ0v) is 10.5. The van der Waals surface area contributed by atoms with Gasteiger partial charge in [-0.3, -0.25) is 10.3 Å². The summed E-state index contributed by atoms with van der Waals surface area (Å²) >= 11 is 1.43. The lowest BCUT2D eigenvalue weighted by molar-refractivity contribution is 0.0909. The molecule has 0 heterocycles. The lowest BCUT2D eigenvalue weighted by atomic mass is 9.75. The van der Waals surface area contributed by atoms with Gasteiger partial charge in [-0.05, 0) is 19.1 Å². The van der Waals surface area contributed by atoms with Gasteiger partial charge in [0.1, 0.15) is 0 Å². The van der Waals surface area contributed by atoms with E-state index in [-0.39, 0.29) is 12.0 Å². The van der Waals surface area contributed by atoms with Crippen molar-refractivity contribution in [2.75, 3.05) is 19.4 Å². The largest absolute Gasteiger partial charge is 0.396 e. The number of aliphatic imine (C=N–C) groups is 1. The number of rotatable bonds is 3. The van der Waals surface area contributed by atoms with E-state index < -0.39 is 0 Å². The molecule has 0 radical (unpaired) electrons. The van der Waals surface area contributed by atoms with Gasteiger partial charge in [0.05, 0.1) is 6.61 Å². The summed E-state index contributed by atoms with van der Waals surface area (Å²) < 4.78 is 0. The zero-order valence-electron chi connectivity index (χ0n) is 9.70. The van der Waals surface area contributed by atoms with E-state index >= 15 is 0 Å². The number of aliphatic hydroxyl groups excluding tert-OH is 1. The van der Waals surface area contributed by atoms with Gasteiger partial charge in [-0.25, -0.2) is 0 Å². The van der Waals surface area contributed by atoms with Crippen LogP contribution in [0.1, 0.15) is 32.1 Å². The van der Waals surface area contributed by atoms with Crippen LogP contribution in [-0.4, -0.2) is 29.7 Å². The number of aliphatic hydroxyl groups is 1. The van der Waals surface area contributed by atoms with Crippen LogP contribution in [0.25, 0.3) is 0 Å². The fourth-order valence-electron chi connectivity index (χ4n) is 2.11. The smallest absolute Gasteiger partial charge is 0.183 e. The Labute approximate surface area is 101 Å². The van der Waals surface area contributed by atoms with Gasteiger partial charge in [-0.1, -0.05) is 31.0 Å². The second-order valence-corrected chi connectivity index (χ2v) is 5.08. The predicted molar refractivity (Wildman–Crippen MR) is 67.2 cm³/mol. The van der Waals surface area contributed by atoms with E-state index in [4.69, 9.17) is 5.26 Å². The third-order valence-electron chi connectivity index (χ3n) is 3.16. The first-order chi connectivity index (χ1) is 7.76. The predicted octanol–water partition coefficient (Wildman–Crippen LogP) is 1.72. The first-order valence-electron chi connectivity index (χ1n) is 5.61. The van der Waals surface area contributed by atoms with Crippen LogP contribution in [0, 0.1) is 16.9 Å². The molecule has 2 N–H and O–H groups in total. The molecule has 16 heavy (non-hydrogen) atoms. The molecular formula is C11H19N3OS. The van der Waals surface area contributed by atoms with E-state index in [2.05, 4.69) is 10.3 Å².